The molecule has 0 amide bonds. The molecule has 6 heteroatoms. The van der Waals surface area contributed by atoms with Crippen LogP contribution < -0.4 is 10.6 Å². The maximum Gasteiger partial charge on any atom is 0.136 e. The summed E-state index contributed by atoms with van der Waals surface area (Å²) in [6.45, 7) is 3.85. The van der Waals surface area contributed by atoms with Crippen molar-refractivity contribution in [3.05, 3.63) is 28.5 Å². The maximum atomic E-state index is 4.62. The summed E-state index contributed by atoms with van der Waals surface area (Å²) in [6, 6.07) is 1.99. The highest BCUT2D eigenvalue weighted by Crippen LogP contribution is 2.38. The SMILES string of the molecule is CCCNc1cc(NCc2cncs2)nc(C2CC2)n1. The third-order valence-corrected chi connectivity index (χ3v) is 3.95. The smallest absolute Gasteiger partial charge is 0.136 e. The monoisotopic (exact) mass is 289 g/mol. The summed E-state index contributed by atoms with van der Waals surface area (Å²) in [6.07, 6.45) is 5.40. The van der Waals surface area contributed by atoms with E-state index in [4.69, 9.17) is 0 Å². The van der Waals surface area contributed by atoms with Gasteiger partial charge in [0, 0.05) is 29.6 Å². The van der Waals surface area contributed by atoms with Crippen molar-refractivity contribution in [2.45, 2.75) is 38.6 Å². The molecule has 1 fully saturated rings. The van der Waals surface area contributed by atoms with Crippen LogP contribution in [-0.4, -0.2) is 21.5 Å². The topological polar surface area (TPSA) is 62.7 Å². The molecular formula is C14H19N5S. The molecule has 0 radical (unpaired) electrons. The van der Waals surface area contributed by atoms with E-state index in [1.807, 2.05) is 17.8 Å². The lowest BCUT2D eigenvalue weighted by molar-refractivity contribution is 0.905. The number of nitrogens with zero attached hydrogens (tertiary/aromatic N) is 3. The Bertz CT molecular complexity index is 551. The molecule has 3 rings (SSSR count). The Balaban J connectivity index is 1.72. The van der Waals surface area contributed by atoms with Crippen molar-refractivity contribution >= 4 is 23.0 Å². The summed E-state index contributed by atoms with van der Waals surface area (Å²) in [5, 5.41) is 6.72. The molecule has 2 N–H and O–H groups in total. The number of rotatable bonds is 7. The van der Waals surface area contributed by atoms with Crippen LogP contribution in [0.4, 0.5) is 11.6 Å². The fourth-order valence-corrected chi connectivity index (χ4v) is 2.47. The lowest BCUT2D eigenvalue weighted by Gasteiger charge is -2.10. The second-order valence-electron chi connectivity index (χ2n) is 5.02. The van der Waals surface area contributed by atoms with E-state index >= 15 is 0 Å². The highest BCUT2D eigenvalue weighted by Gasteiger charge is 2.27. The second kappa shape index (κ2) is 6.17. The number of thiazole rings is 1. The summed E-state index contributed by atoms with van der Waals surface area (Å²) < 4.78 is 0. The number of anilines is 2. The van der Waals surface area contributed by atoms with Gasteiger partial charge in [0.05, 0.1) is 12.1 Å². The first-order valence-electron chi connectivity index (χ1n) is 7.09. The van der Waals surface area contributed by atoms with E-state index in [9.17, 15) is 0 Å². The summed E-state index contributed by atoms with van der Waals surface area (Å²) in [5.41, 5.74) is 1.85. The van der Waals surface area contributed by atoms with Crippen LogP contribution in [0.2, 0.25) is 0 Å². The van der Waals surface area contributed by atoms with Crippen LogP contribution in [0.3, 0.4) is 0 Å². The van der Waals surface area contributed by atoms with E-state index in [1.54, 1.807) is 11.3 Å². The molecule has 0 spiro atoms. The highest BCUT2D eigenvalue weighted by atomic mass is 32.1. The van der Waals surface area contributed by atoms with Gasteiger partial charge in [0.25, 0.3) is 0 Å². The van der Waals surface area contributed by atoms with Gasteiger partial charge in [-0.15, -0.1) is 11.3 Å². The van der Waals surface area contributed by atoms with E-state index < -0.39 is 0 Å². The summed E-state index contributed by atoms with van der Waals surface area (Å²) in [7, 11) is 0. The van der Waals surface area contributed by atoms with E-state index in [1.165, 1.54) is 17.7 Å². The minimum Gasteiger partial charge on any atom is -0.370 e. The zero-order valence-electron chi connectivity index (χ0n) is 11.6. The fourth-order valence-electron chi connectivity index (χ4n) is 1.93. The van der Waals surface area contributed by atoms with Crippen LogP contribution in [0, 0.1) is 0 Å². The van der Waals surface area contributed by atoms with Gasteiger partial charge in [0.15, 0.2) is 0 Å². The molecule has 5 nitrogen and oxygen atoms in total. The van der Waals surface area contributed by atoms with Gasteiger partial charge in [-0.2, -0.15) is 0 Å². The van der Waals surface area contributed by atoms with Gasteiger partial charge >= 0.3 is 0 Å². The van der Waals surface area contributed by atoms with E-state index in [0.717, 1.165) is 37.0 Å². The maximum absolute atomic E-state index is 4.62. The predicted octanol–water partition coefficient (Wildman–Crippen LogP) is 3.24. The molecule has 2 aromatic heterocycles. The van der Waals surface area contributed by atoms with Crippen LogP contribution in [0.25, 0.3) is 0 Å². The van der Waals surface area contributed by atoms with Crippen LogP contribution in [0.15, 0.2) is 17.8 Å². The molecule has 1 saturated carbocycles. The molecule has 1 aliphatic rings. The van der Waals surface area contributed by atoms with Crippen molar-refractivity contribution in [1.82, 2.24) is 15.0 Å². The molecule has 2 aromatic rings. The summed E-state index contributed by atoms with van der Waals surface area (Å²) >= 11 is 1.65. The van der Waals surface area contributed by atoms with Crippen LogP contribution in [0.1, 0.15) is 42.8 Å². The third kappa shape index (κ3) is 3.45. The highest BCUT2D eigenvalue weighted by molar-refractivity contribution is 7.09. The Morgan fingerprint density at radius 3 is 2.70 bits per heavy atom. The standard InChI is InChI=1S/C14H19N5S/c1-2-5-16-12-6-13(17-8-11-7-15-9-20-11)19-14(18-12)10-3-4-10/h6-7,9-10H,2-5,8H2,1H3,(H2,16,17,18,19). The van der Waals surface area contributed by atoms with Gasteiger partial charge in [-0.1, -0.05) is 6.92 Å². The number of nitrogens with one attached hydrogen (secondary N) is 2. The Morgan fingerprint density at radius 2 is 2.05 bits per heavy atom. The molecule has 0 aromatic carbocycles. The van der Waals surface area contributed by atoms with Crippen LogP contribution in [0.5, 0.6) is 0 Å². The van der Waals surface area contributed by atoms with Crippen molar-refractivity contribution in [1.29, 1.82) is 0 Å². The van der Waals surface area contributed by atoms with Gasteiger partial charge in [-0.3, -0.25) is 4.98 Å². The molecule has 0 saturated heterocycles. The quantitative estimate of drug-likeness (QED) is 0.819. The first-order valence-corrected chi connectivity index (χ1v) is 7.97. The zero-order valence-corrected chi connectivity index (χ0v) is 12.4. The van der Waals surface area contributed by atoms with Crippen molar-refractivity contribution in [2.75, 3.05) is 17.2 Å². The molecule has 106 valence electrons. The summed E-state index contributed by atoms with van der Waals surface area (Å²) in [4.78, 5) is 14.5. The molecule has 0 atom stereocenters. The molecule has 0 aliphatic heterocycles. The Hall–Kier alpha value is -1.69. The Morgan fingerprint density at radius 1 is 1.25 bits per heavy atom. The molecule has 0 unspecified atom stereocenters. The van der Waals surface area contributed by atoms with Gasteiger partial charge in [0.2, 0.25) is 0 Å². The van der Waals surface area contributed by atoms with E-state index in [2.05, 4.69) is 32.5 Å². The normalized spacial score (nSPS) is 14.2. The van der Waals surface area contributed by atoms with E-state index in [0.29, 0.717) is 5.92 Å². The molecule has 1 aliphatic carbocycles. The molecule has 2 heterocycles. The lowest BCUT2D eigenvalue weighted by atomic mass is 10.3. The molecular weight excluding hydrogens is 270 g/mol. The van der Waals surface area contributed by atoms with Crippen LogP contribution in [-0.2, 0) is 6.54 Å². The Kier molecular flexibility index (Phi) is 4.11. The third-order valence-electron chi connectivity index (χ3n) is 3.17. The number of hydrogen-bond acceptors (Lipinski definition) is 6. The first kappa shape index (κ1) is 13.3. The Labute approximate surface area is 122 Å². The minimum absolute atomic E-state index is 0.558. The molecule has 20 heavy (non-hydrogen) atoms. The zero-order chi connectivity index (χ0) is 13.8. The van der Waals surface area contributed by atoms with Gasteiger partial charge in [-0.25, -0.2) is 9.97 Å². The first-order chi connectivity index (χ1) is 9.85. The second-order valence-corrected chi connectivity index (χ2v) is 5.99. The predicted molar refractivity (Wildman–Crippen MR) is 82.2 cm³/mol. The van der Waals surface area contributed by atoms with Crippen molar-refractivity contribution in [2.24, 2.45) is 0 Å². The number of hydrogen-bond donors (Lipinski definition) is 2. The van der Waals surface area contributed by atoms with Crippen LogP contribution >= 0.6 is 11.3 Å². The average molecular weight is 289 g/mol. The fraction of sp³-hybridized carbons (Fsp3) is 0.500. The molecule has 0 bridgehead atoms. The largest absolute Gasteiger partial charge is 0.370 e. The van der Waals surface area contributed by atoms with Gasteiger partial charge in [-0.05, 0) is 19.3 Å². The van der Waals surface area contributed by atoms with Gasteiger partial charge in [0.1, 0.15) is 17.5 Å². The average Bonchev–Trinajstić information content (AvgIpc) is 3.20. The van der Waals surface area contributed by atoms with Gasteiger partial charge < -0.3 is 10.6 Å². The van der Waals surface area contributed by atoms with Crippen molar-refractivity contribution in [3.63, 3.8) is 0 Å². The summed E-state index contributed by atoms with van der Waals surface area (Å²) in [5.74, 6) is 3.35. The van der Waals surface area contributed by atoms with E-state index in [-0.39, 0.29) is 0 Å². The van der Waals surface area contributed by atoms with Crippen molar-refractivity contribution < 1.29 is 0 Å². The minimum atomic E-state index is 0.558. The lowest BCUT2D eigenvalue weighted by Crippen LogP contribution is -2.08. The van der Waals surface area contributed by atoms with Crippen molar-refractivity contribution in [3.8, 4) is 0 Å². The number of aromatic nitrogens is 3.